The highest BCUT2D eigenvalue weighted by molar-refractivity contribution is 7.15. The second kappa shape index (κ2) is 6.49. The van der Waals surface area contributed by atoms with E-state index in [9.17, 15) is 4.79 Å². The molecule has 124 valence electrons. The summed E-state index contributed by atoms with van der Waals surface area (Å²) in [4.78, 5) is 21.6. The van der Waals surface area contributed by atoms with Crippen LogP contribution in [0, 0.1) is 6.92 Å². The molecule has 25 heavy (non-hydrogen) atoms. The van der Waals surface area contributed by atoms with Crippen LogP contribution >= 0.6 is 11.3 Å². The number of rotatable bonds is 4. The first-order valence-electron chi connectivity index (χ1n) is 7.91. The second-order valence-corrected chi connectivity index (χ2v) is 6.68. The number of carbonyl (C=O) groups excluding carboxylic acids is 1. The van der Waals surface area contributed by atoms with E-state index in [-0.39, 0.29) is 5.91 Å². The van der Waals surface area contributed by atoms with Gasteiger partial charge in [0.25, 0.3) is 5.91 Å². The lowest BCUT2D eigenvalue weighted by molar-refractivity contribution is 0.102. The predicted octanol–water partition coefficient (Wildman–Crippen LogP) is 3.94. The number of aryl methyl sites for hydroxylation is 1. The van der Waals surface area contributed by atoms with Crippen molar-refractivity contribution in [3.05, 3.63) is 82.9 Å². The Bertz CT molecular complexity index is 1020. The Hall–Kier alpha value is -2.99. The summed E-state index contributed by atoms with van der Waals surface area (Å²) in [6.45, 7) is 1.99. The highest BCUT2D eigenvalue weighted by Gasteiger charge is 2.13. The fraction of sp³-hybridized carbons (Fsp3) is 0.105. The summed E-state index contributed by atoms with van der Waals surface area (Å²) in [6, 6.07) is 11.9. The molecule has 1 amide bonds. The number of fused-ring (bicyclic) bond motifs is 1. The molecule has 0 saturated carbocycles. The molecule has 0 aliphatic carbocycles. The van der Waals surface area contributed by atoms with E-state index in [1.807, 2.05) is 53.1 Å². The molecule has 4 rings (SSSR count). The van der Waals surface area contributed by atoms with Gasteiger partial charge in [0.15, 0.2) is 4.96 Å². The predicted molar refractivity (Wildman–Crippen MR) is 99.2 cm³/mol. The number of thiazole rings is 1. The fourth-order valence-corrected chi connectivity index (χ4v) is 3.49. The van der Waals surface area contributed by atoms with Crippen LogP contribution in [-0.4, -0.2) is 20.3 Å². The van der Waals surface area contributed by atoms with Crippen LogP contribution < -0.4 is 5.32 Å². The molecule has 0 unspecified atom stereocenters. The van der Waals surface area contributed by atoms with E-state index in [4.69, 9.17) is 0 Å². The van der Waals surface area contributed by atoms with Crippen LogP contribution in [0.5, 0.6) is 0 Å². The van der Waals surface area contributed by atoms with Crippen LogP contribution in [0.1, 0.15) is 27.3 Å². The lowest BCUT2D eigenvalue weighted by Crippen LogP contribution is -2.12. The van der Waals surface area contributed by atoms with Crippen molar-refractivity contribution in [3.8, 4) is 0 Å². The zero-order chi connectivity index (χ0) is 17.2. The fourth-order valence-electron chi connectivity index (χ4n) is 2.64. The Labute approximate surface area is 149 Å². The Morgan fingerprint density at radius 2 is 1.84 bits per heavy atom. The van der Waals surface area contributed by atoms with Gasteiger partial charge in [-0.3, -0.25) is 14.2 Å². The van der Waals surface area contributed by atoms with Crippen LogP contribution in [0.25, 0.3) is 4.96 Å². The molecule has 1 N–H and O–H groups in total. The van der Waals surface area contributed by atoms with Gasteiger partial charge in [-0.25, -0.2) is 4.98 Å². The van der Waals surface area contributed by atoms with Crippen molar-refractivity contribution in [2.24, 2.45) is 0 Å². The minimum absolute atomic E-state index is 0.197. The number of imidazole rings is 1. The van der Waals surface area contributed by atoms with Gasteiger partial charge in [0.1, 0.15) is 5.69 Å². The van der Waals surface area contributed by atoms with Crippen molar-refractivity contribution >= 4 is 27.9 Å². The molecule has 0 aliphatic rings. The summed E-state index contributed by atoms with van der Waals surface area (Å²) >= 11 is 1.53. The molecular weight excluding hydrogens is 332 g/mol. The summed E-state index contributed by atoms with van der Waals surface area (Å²) in [6.07, 6.45) is 6.20. The molecule has 4 aromatic rings. The summed E-state index contributed by atoms with van der Waals surface area (Å²) in [7, 11) is 0. The van der Waals surface area contributed by atoms with Crippen molar-refractivity contribution in [2.45, 2.75) is 13.3 Å². The van der Waals surface area contributed by atoms with E-state index in [2.05, 4.69) is 15.3 Å². The van der Waals surface area contributed by atoms with Crippen molar-refractivity contribution in [2.75, 3.05) is 5.32 Å². The first kappa shape index (κ1) is 15.5. The summed E-state index contributed by atoms with van der Waals surface area (Å²) in [5.74, 6) is -0.197. The number of carbonyl (C=O) groups is 1. The van der Waals surface area contributed by atoms with Gasteiger partial charge in [-0.15, -0.1) is 11.3 Å². The third-order valence-electron chi connectivity index (χ3n) is 3.99. The van der Waals surface area contributed by atoms with E-state index in [1.54, 1.807) is 18.6 Å². The van der Waals surface area contributed by atoms with Gasteiger partial charge < -0.3 is 5.32 Å². The van der Waals surface area contributed by atoms with E-state index in [0.717, 1.165) is 22.8 Å². The maximum Gasteiger partial charge on any atom is 0.275 e. The van der Waals surface area contributed by atoms with E-state index >= 15 is 0 Å². The topological polar surface area (TPSA) is 59.3 Å². The zero-order valence-electron chi connectivity index (χ0n) is 13.6. The number of amides is 1. The average molecular weight is 348 g/mol. The molecular formula is C19H16N4OS. The van der Waals surface area contributed by atoms with Crippen molar-refractivity contribution in [3.63, 3.8) is 0 Å². The molecule has 0 aliphatic heterocycles. The Morgan fingerprint density at radius 1 is 1.12 bits per heavy atom. The molecule has 1 aromatic carbocycles. The Morgan fingerprint density at radius 3 is 2.56 bits per heavy atom. The number of benzene rings is 1. The first-order valence-corrected chi connectivity index (χ1v) is 8.79. The van der Waals surface area contributed by atoms with Gasteiger partial charge in [-0.2, -0.15) is 0 Å². The first-order chi connectivity index (χ1) is 12.2. The second-order valence-electron chi connectivity index (χ2n) is 5.84. The van der Waals surface area contributed by atoms with Gasteiger partial charge in [0.2, 0.25) is 0 Å². The van der Waals surface area contributed by atoms with Crippen molar-refractivity contribution in [1.82, 2.24) is 14.4 Å². The molecule has 3 heterocycles. The quantitative estimate of drug-likeness (QED) is 0.608. The molecule has 0 fully saturated rings. The molecule has 3 aromatic heterocycles. The minimum atomic E-state index is -0.197. The van der Waals surface area contributed by atoms with Crippen LogP contribution in [0.3, 0.4) is 0 Å². The number of hydrogen-bond donors (Lipinski definition) is 1. The van der Waals surface area contributed by atoms with Gasteiger partial charge in [0.05, 0.1) is 0 Å². The van der Waals surface area contributed by atoms with E-state index in [1.165, 1.54) is 22.5 Å². The lowest BCUT2D eigenvalue weighted by Gasteiger charge is -2.05. The average Bonchev–Trinajstić information content (AvgIpc) is 3.20. The molecule has 0 spiro atoms. The summed E-state index contributed by atoms with van der Waals surface area (Å²) < 4.78 is 1.93. The summed E-state index contributed by atoms with van der Waals surface area (Å²) in [5.41, 5.74) is 4.65. The molecule has 5 nitrogen and oxygen atoms in total. The van der Waals surface area contributed by atoms with Crippen molar-refractivity contribution < 1.29 is 4.79 Å². The van der Waals surface area contributed by atoms with Crippen LogP contribution in [0.15, 0.2) is 60.4 Å². The highest BCUT2D eigenvalue weighted by Crippen LogP contribution is 2.18. The Kier molecular flexibility index (Phi) is 4.03. The largest absolute Gasteiger partial charge is 0.321 e. The van der Waals surface area contributed by atoms with Crippen LogP contribution in [0.4, 0.5) is 5.69 Å². The SMILES string of the molecule is Cc1csc2nc(C(=O)Nc3ccc(Cc4ccncc4)cc3)cn12. The molecule has 0 radical (unpaired) electrons. The maximum atomic E-state index is 12.4. The zero-order valence-corrected chi connectivity index (χ0v) is 14.5. The normalized spacial score (nSPS) is 10.9. The third-order valence-corrected chi connectivity index (χ3v) is 4.95. The van der Waals surface area contributed by atoms with Gasteiger partial charge in [0, 0.05) is 35.4 Å². The lowest BCUT2D eigenvalue weighted by atomic mass is 10.1. The van der Waals surface area contributed by atoms with E-state index in [0.29, 0.717) is 5.69 Å². The number of nitrogens with zero attached hydrogens (tertiary/aromatic N) is 3. The highest BCUT2D eigenvalue weighted by atomic mass is 32.1. The Balaban J connectivity index is 1.46. The van der Waals surface area contributed by atoms with Crippen molar-refractivity contribution in [1.29, 1.82) is 0 Å². The van der Waals surface area contributed by atoms with Gasteiger partial charge in [-0.1, -0.05) is 12.1 Å². The summed E-state index contributed by atoms with van der Waals surface area (Å²) in [5, 5.41) is 4.92. The molecule has 6 heteroatoms. The van der Waals surface area contributed by atoms with Crippen LogP contribution in [-0.2, 0) is 6.42 Å². The number of nitrogens with one attached hydrogen (secondary N) is 1. The molecule has 0 saturated heterocycles. The molecule has 0 bridgehead atoms. The van der Waals surface area contributed by atoms with E-state index < -0.39 is 0 Å². The smallest absolute Gasteiger partial charge is 0.275 e. The maximum absolute atomic E-state index is 12.4. The molecule has 0 atom stereocenters. The number of aromatic nitrogens is 3. The number of pyridine rings is 1. The standard InChI is InChI=1S/C19H16N4OS/c1-13-12-25-19-22-17(11-23(13)19)18(24)21-16-4-2-14(3-5-16)10-15-6-8-20-9-7-15/h2-9,11-12H,10H2,1H3,(H,21,24). The monoisotopic (exact) mass is 348 g/mol. The number of anilines is 1. The third kappa shape index (κ3) is 3.29. The van der Waals surface area contributed by atoms with Gasteiger partial charge in [-0.05, 0) is 48.7 Å². The number of hydrogen-bond acceptors (Lipinski definition) is 4. The minimum Gasteiger partial charge on any atom is -0.321 e. The van der Waals surface area contributed by atoms with Crippen LogP contribution in [0.2, 0.25) is 0 Å². The van der Waals surface area contributed by atoms with Gasteiger partial charge >= 0.3 is 0 Å².